The standard InChI is InChI=1S/C18H31N/c1-14(2)12-16-9-7-8-15(13-16)10-11-17(19-6)18(3,4)5/h7-9,13-14,17,19H,10-12H2,1-6H3. The van der Waals surface area contributed by atoms with E-state index in [9.17, 15) is 0 Å². The Labute approximate surface area is 119 Å². The SMILES string of the molecule is CNC(CCc1cccc(CC(C)C)c1)C(C)(C)C. The first-order valence-electron chi connectivity index (χ1n) is 7.58. The first kappa shape index (κ1) is 16.2. The van der Waals surface area contributed by atoms with Crippen LogP contribution in [0.3, 0.4) is 0 Å². The van der Waals surface area contributed by atoms with E-state index < -0.39 is 0 Å². The highest BCUT2D eigenvalue weighted by atomic mass is 14.9. The molecule has 0 saturated carbocycles. The molecule has 0 radical (unpaired) electrons. The first-order valence-corrected chi connectivity index (χ1v) is 7.58. The largest absolute Gasteiger partial charge is 0.316 e. The van der Waals surface area contributed by atoms with Gasteiger partial charge in [-0.1, -0.05) is 58.9 Å². The summed E-state index contributed by atoms with van der Waals surface area (Å²) in [6.45, 7) is 11.5. The van der Waals surface area contributed by atoms with Gasteiger partial charge in [0, 0.05) is 6.04 Å². The number of hydrogen-bond donors (Lipinski definition) is 1. The van der Waals surface area contributed by atoms with Crippen LogP contribution in [0, 0.1) is 11.3 Å². The van der Waals surface area contributed by atoms with Gasteiger partial charge in [-0.3, -0.25) is 0 Å². The minimum Gasteiger partial charge on any atom is -0.316 e. The van der Waals surface area contributed by atoms with Crippen LogP contribution in [-0.2, 0) is 12.8 Å². The van der Waals surface area contributed by atoms with Gasteiger partial charge in [-0.05, 0) is 48.8 Å². The van der Waals surface area contributed by atoms with Crippen LogP contribution in [0.2, 0.25) is 0 Å². The van der Waals surface area contributed by atoms with Crippen LogP contribution in [0.4, 0.5) is 0 Å². The molecule has 1 unspecified atom stereocenters. The number of rotatable bonds is 6. The highest BCUT2D eigenvalue weighted by molar-refractivity contribution is 5.24. The molecule has 1 N–H and O–H groups in total. The molecular weight excluding hydrogens is 230 g/mol. The van der Waals surface area contributed by atoms with Crippen LogP contribution in [-0.4, -0.2) is 13.1 Å². The molecule has 0 bridgehead atoms. The molecule has 0 aliphatic rings. The van der Waals surface area contributed by atoms with Gasteiger partial charge in [-0.15, -0.1) is 0 Å². The molecular formula is C18H31N. The van der Waals surface area contributed by atoms with E-state index in [0.717, 1.165) is 12.3 Å². The van der Waals surface area contributed by atoms with Gasteiger partial charge in [-0.25, -0.2) is 0 Å². The summed E-state index contributed by atoms with van der Waals surface area (Å²) in [7, 11) is 2.07. The van der Waals surface area contributed by atoms with E-state index in [4.69, 9.17) is 0 Å². The summed E-state index contributed by atoms with van der Waals surface area (Å²) in [4.78, 5) is 0. The van der Waals surface area contributed by atoms with Crippen molar-refractivity contribution in [3.8, 4) is 0 Å². The normalized spacial score (nSPS) is 13.8. The van der Waals surface area contributed by atoms with Gasteiger partial charge in [-0.2, -0.15) is 0 Å². The van der Waals surface area contributed by atoms with E-state index in [2.05, 4.69) is 71.2 Å². The molecule has 1 aromatic carbocycles. The third-order valence-electron chi connectivity index (χ3n) is 3.75. The molecule has 0 aromatic heterocycles. The second kappa shape index (κ2) is 7.09. The molecule has 0 aliphatic carbocycles. The molecule has 1 atom stereocenters. The van der Waals surface area contributed by atoms with Crippen molar-refractivity contribution in [3.05, 3.63) is 35.4 Å². The smallest absolute Gasteiger partial charge is 0.0116 e. The second-order valence-electron chi connectivity index (χ2n) is 7.16. The van der Waals surface area contributed by atoms with Gasteiger partial charge >= 0.3 is 0 Å². The van der Waals surface area contributed by atoms with Crippen LogP contribution >= 0.6 is 0 Å². The predicted octanol–water partition coefficient (Wildman–Crippen LogP) is 4.45. The zero-order valence-corrected chi connectivity index (χ0v) is 13.6. The molecule has 19 heavy (non-hydrogen) atoms. The molecule has 1 aromatic rings. The Morgan fingerprint density at radius 2 is 1.74 bits per heavy atom. The monoisotopic (exact) mass is 261 g/mol. The van der Waals surface area contributed by atoms with Crippen LogP contribution in [0.5, 0.6) is 0 Å². The Morgan fingerprint density at radius 1 is 1.11 bits per heavy atom. The quantitative estimate of drug-likeness (QED) is 0.797. The number of benzene rings is 1. The van der Waals surface area contributed by atoms with Crippen LogP contribution in [0.15, 0.2) is 24.3 Å². The Balaban J connectivity index is 2.62. The van der Waals surface area contributed by atoms with E-state index in [-0.39, 0.29) is 0 Å². The van der Waals surface area contributed by atoms with Crippen LogP contribution < -0.4 is 5.32 Å². The maximum atomic E-state index is 3.46. The van der Waals surface area contributed by atoms with E-state index >= 15 is 0 Å². The lowest BCUT2D eigenvalue weighted by Crippen LogP contribution is -2.38. The lowest BCUT2D eigenvalue weighted by molar-refractivity contribution is 0.268. The number of aryl methyl sites for hydroxylation is 1. The third kappa shape index (κ3) is 5.78. The highest BCUT2D eigenvalue weighted by Gasteiger charge is 2.22. The molecule has 0 fully saturated rings. The van der Waals surface area contributed by atoms with E-state index in [0.29, 0.717) is 11.5 Å². The fourth-order valence-corrected chi connectivity index (χ4v) is 2.70. The topological polar surface area (TPSA) is 12.0 Å². The maximum Gasteiger partial charge on any atom is 0.0116 e. The summed E-state index contributed by atoms with van der Waals surface area (Å²) in [5.74, 6) is 0.731. The highest BCUT2D eigenvalue weighted by Crippen LogP contribution is 2.23. The average Bonchev–Trinajstić information content (AvgIpc) is 2.27. The molecule has 0 amide bonds. The minimum atomic E-state index is 0.324. The Kier molecular flexibility index (Phi) is 6.06. The van der Waals surface area contributed by atoms with Crippen molar-refractivity contribution >= 4 is 0 Å². The predicted molar refractivity (Wildman–Crippen MR) is 85.6 cm³/mol. The lowest BCUT2D eigenvalue weighted by atomic mass is 9.83. The van der Waals surface area contributed by atoms with Gasteiger partial charge in [0.1, 0.15) is 0 Å². The lowest BCUT2D eigenvalue weighted by Gasteiger charge is -2.30. The molecule has 1 heteroatoms. The van der Waals surface area contributed by atoms with Gasteiger partial charge in [0.15, 0.2) is 0 Å². The van der Waals surface area contributed by atoms with E-state index in [1.165, 1.54) is 24.0 Å². The van der Waals surface area contributed by atoms with Crippen molar-refractivity contribution < 1.29 is 0 Å². The van der Waals surface area contributed by atoms with Crippen LogP contribution in [0.1, 0.15) is 52.2 Å². The van der Waals surface area contributed by atoms with Gasteiger partial charge in [0.2, 0.25) is 0 Å². The van der Waals surface area contributed by atoms with Crippen molar-refractivity contribution in [2.45, 2.75) is 59.9 Å². The summed E-state index contributed by atoms with van der Waals surface area (Å²) in [5.41, 5.74) is 3.27. The Bertz CT molecular complexity index is 374. The maximum absolute atomic E-state index is 3.46. The fraction of sp³-hybridized carbons (Fsp3) is 0.667. The molecule has 0 saturated heterocycles. The molecule has 1 nitrogen and oxygen atoms in total. The van der Waals surface area contributed by atoms with Gasteiger partial charge < -0.3 is 5.32 Å². The Morgan fingerprint density at radius 3 is 2.26 bits per heavy atom. The van der Waals surface area contributed by atoms with Crippen molar-refractivity contribution in [1.82, 2.24) is 5.32 Å². The van der Waals surface area contributed by atoms with Crippen molar-refractivity contribution in [2.24, 2.45) is 11.3 Å². The van der Waals surface area contributed by atoms with E-state index in [1.54, 1.807) is 0 Å². The van der Waals surface area contributed by atoms with E-state index in [1.807, 2.05) is 0 Å². The minimum absolute atomic E-state index is 0.324. The fourth-order valence-electron chi connectivity index (χ4n) is 2.70. The molecule has 108 valence electrons. The van der Waals surface area contributed by atoms with Crippen molar-refractivity contribution in [3.63, 3.8) is 0 Å². The zero-order chi connectivity index (χ0) is 14.5. The molecule has 0 spiro atoms. The summed E-state index contributed by atoms with van der Waals surface area (Å²) in [6, 6.07) is 9.68. The first-order chi connectivity index (χ1) is 8.82. The molecule has 0 heterocycles. The third-order valence-corrected chi connectivity index (χ3v) is 3.75. The van der Waals surface area contributed by atoms with Gasteiger partial charge in [0.05, 0.1) is 0 Å². The average molecular weight is 261 g/mol. The van der Waals surface area contributed by atoms with Crippen molar-refractivity contribution in [2.75, 3.05) is 7.05 Å². The Hall–Kier alpha value is -0.820. The summed E-state index contributed by atoms with van der Waals surface area (Å²) in [5, 5.41) is 3.46. The zero-order valence-electron chi connectivity index (χ0n) is 13.6. The number of hydrogen-bond acceptors (Lipinski definition) is 1. The summed E-state index contributed by atoms with van der Waals surface area (Å²) in [6.07, 6.45) is 3.54. The molecule has 1 rings (SSSR count). The number of nitrogens with one attached hydrogen (secondary N) is 1. The van der Waals surface area contributed by atoms with Crippen molar-refractivity contribution in [1.29, 1.82) is 0 Å². The van der Waals surface area contributed by atoms with Crippen LogP contribution in [0.25, 0.3) is 0 Å². The van der Waals surface area contributed by atoms with Gasteiger partial charge in [0.25, 0.3) is 0 Å². The summed E-state index contributed by atoms with van der Waals surface area (Å²) >= 11 is 0. The second-order valence-corrected chi connectivity index (χ2v) is 7.16. The molecule has 0 aliphatic heterocycles. The summed E-state index contributed by atoms with van der Waals surface area (Å²) < 4.78 is 0.